The monoisotopic (exact) mass is 166 g/mol. The first kappa shape index (κ1) is 8.11. The fraction of sp³-hybridized carbons (Fsp3) is 0.800. The molecule has 2 aliphatic heterocycles. The van der Waals surface area contributed by atoms with Gasteiger partial charge >= 0.3 is 0 Å². The fourth-order valence-electron chi connectivity index (χ4n) is 2.31. The molecule has 2 saturated heterocycles. The number of nitrogens with one attached hydrogen (secondary N) is 1. The van der Waals surface area contributed by atoms with E-state index in [1.165, 1.54) is 39.0 Å². The van der Waals surface area contributed by atoms with E-state index >= 15 is 0 Å². The average Bonchev–Trinajstić information content (AvgIpc) is 2.04. The molecule has 0 saturated carbocycles. The van der Waals surface area contributed by atoms with Crippen LogP contribution in [0.25, 0.3) is 0 Å². The largest absolute Gasteiger partial charge is 0.377 e. The van der Waals surface area contributed by atoms with Crippen molar-refractivity contribution in [1.82, 2.24) is 10.2 Å². The maximum Gasteiger partial charge on any atom is 0.0220 e. The lowest BCUT2D eigenvalue weighted by molar-refractivity contribution is 0.0863. The number of likely N-dealkylation sites (tertiary alicyclic amines) is 1. The Kier molecular flexibility index (Phi) is 2.35. The summed E-state index contributed by atoms with van der Waals surface area (Å²) in [6.07, 6.45) is 4.74. The molecule has 0 aliphatic carbocycles. The minimum Gasteiger partial charge on any atom is -0.377 e. The predicted octanol–water partition coefficient (Wildman–Crippen LogP) is 1.06. The molecule has 2 nitrogen and oxygen atoms in total. The maximum absolute atomic E-state index is 3.78. The van der Waals surface area contributed by atoms with Crippen LogP contribution in [0.15, 0.2) is 12.8 Å². The Bertz CT molecular complexity index is 155. The minimum atomic E-state index is 0.963. The van der Waals surface area contributed by atoms with Crippen LogP contribution < -0.4 is 5.32 Å². The van der Waals surface area contributed by atoms with Crippen molar-refractivity contribution in [2.24, 2.45) is 11.8 Å². The molecule has 2 fully saturated rings. The third-order valence-corrected chi connectivity index (χ3v) is 3.25. The first-order chi connectivity index (χ1) is 5.90. The molecule has 0 unspecified atom stereocenters. The van der Waals surface area contributed by atoms with Crippen molar-refractivity contribution in [1.29, 1.82) is 0 Å². The molecule has 0 atom stereocenters. The Labute approximate surface area is 74.6 Å². The van der Waals surface area contributed by atoms with E-state index in [0.29, 0.717) is 0 Å². The highest BCUT2D eigenvalue weighted by Gasteiger charge is 2.31. The summed E-state index contributed by atoms with van der Waals surface area (Å²) >= 11 is 0. The molecule has 2 heterocycles. The molecule has 0 radical (unpaired) electrons. The lowest BCUT2D eigenvalue weighted by Crippen LogP contribution is -2.48. The molecule has 0 aromatic rings. The van der Waals surface area contributed by atoms with Crippen molar-refractivity contribution >= 4 is 0 Å². The molecular weight excluding hydrogens is 148 g/mol. The highest BCUT2D eigenvalue weighted by molar-refractivity contribution is 4.91. The highest BCUT2D eigenvalue weighted by Crippen LogP contribution is 2.29. The van der Waals surface area contributed by atoms with Crippen LogP contribution in [-0.4, -0.2) is 31.1 Å². The Morgan fingerprint density at radius 1 is 1.17 bits per heavy atom. The van der Waals surface area contributed by atoms with Crippen LogP contribution in [0.3, 0.4) is 0 Å². The average molecular weight is 166 g/mol. The molecular formula is C10H18N2. The molecule has 0 bridgehead atoms. The third kappa shape index (κ3) is 1.48. The van der Waals surface area contributed by atoms with Crippen LogP contribution in [0.1, 0.15) is 12.8 Å². The summed E-state index contributed by atoms with van der Waals surface area (Å²) in [4.78, 5) is 2.31. The van der Waals surface area contributed by atoms with Gasteiger partial charge in [0.05, 0.1) is 0 Å². The zero-order valence-corrected chi connectivity index (χ0v) is 7.63. The van der Waals surface area contributed by atoms with Crippen LogP contribution in [0.2, 0.25) is 0 Å². The van der Waals surface area contributed by atoms with Crippen molar-refractivity contribution in [2.45, 2.75) is 12.8 Å². The van der Waals surface area contributed by atoms with Gasteiger partial charge in [0.15, 0.2) is 0 Å². The highest BCUT2D eigenvalue weighted by atomic mass is 15.2. The summed E-state index contributed by atoms with van der Waals surface area (Å²) in [5.74, 6) is 1.95. The molecule has 2 rings (SSSR count). The predicted molar refractivity (Wildman–Crippen MR) is 50.9 cm³/mol. The van der Waals surface area contributed by atoms with E-state index in [1.54, 1.807) is 0 Å². The number of rotatable bonds is 2. The molecule has 68 valence electrons. The SMILES string of the molecule is C=CN1CC(C2CCNCC2)C1. The van der Waals surface area contributed by atoms with E-state index in [4.69, 9.17) is 0 Å². The standard InChI is InChI=1S/C10H18N2/c1-2-12-7-10(8-12)9-3-5-11-6-4-9/h2,9-11H,1,3-8H2. The van der Waals surface area contributed by atoms with Crippen molar-refractivity contribution < 1.29 is 0 Å². The zero-order valence-electron chi connectivity index (χ0n) is 7.63. The normalized spacial score (nSPS) is 26.8. The van der Waals surface area contributed by atoms with Crippen LogP contribution in [-0.2, 0) is 0 Å². The molecule has 2 heteroatoms. The first-order valence-corrected chi connectivity index (χ1v) is 4.97. The van der Waals surface area contributed by atoms with Crippen LogP contribution in [0, 0.1) is 11.8 Å². The smallest absolute Gasteiger partial charge is 0.0220 e. The second kappa shape index (κ2) is 3.48. The van der Waals surface area contributed by atoms with E-state index in [1.807, 2.05) is 6.20 Å². The summed E-state index contributed by atoms with van der Waals surface area (Å²) in [5, 5.41) is 3.41. The van der Waals surface area contributed by atoms with Crippen LogP contribution >= 0.6 is 0 Å². The van der Waals surface area contributed by atoms with E-state index in [9.17, 15) is 0 Å². The van der Waals surface area contributed by atoms with Gasteiger partial charge in [-0.2, -0.15) is 0 Å². The molecule has 0 aromatic carbocycles. The third-order valence-electron chi connectivity index (χ3n) is 3.25. The number of piperidine rings is 1. The van der Waals surface area contributed by atoms with Crippen molar-refractivity contribution in [3.8, 4) is 0 Å². The molecule has 1 N–H and O–H groups in total. The Hall–Kier alpha value is -0.500. The zero-order chi connectivity index (χ0) is 8.39. The quantitative estimate of drug-likeness (QED) is 0.660. The maximum atomic E-state index is 3.78. The van der Waals surface area contributed by atoms with Gasteiger partial charge in [0.25, 0.3) is 0 Å². The minimum absolute atomic E-state index is 0.963. The first-order valence-electron chi connectivity index (χ1n) is 4.97. The van der Waals surface area contributed by atoms with Gasteiger partial charge in [0, 0.05) is 13.1 Å². The van der Waals surface area contributed by atoms with E-state index in [-0.39, 0.29) is 0 Å². The van der Waals surface area contributed by atoms with Gasteiger partial charge in [0.1, 0.15) is 0 Å². The van der Waals surface area contributed by atoms with Gasteiger partial charge in [-0.15, -0.1) is 0 Å². The number of nitrogens with zero attached hydrogens (tertiary/aromatic N) is 1. The number of hydrogen-bond donors (Lipinski definition) is 1. The van der Waals surface area contributed by atoms with Gasteiger partial charge in [-0.3, -0.25) is 0 Å². The van der Waals surface area contributed by atoms with Gasteiger partial charge in [-0.05, 0) is 44.0 Å². The van der Waals surface area contributed by atoms with Crippen molar-refractivity contribution in [3.63, 3.8) is 0 Å². The second-order valence-electron chi connectivity index (χ2n) is 3.98. The van der Waals surface area contributed by atoms with E-state index < -0.39 is 0 Å². The Balaban J connectivity index is 1.75. The van der Waals surface area contributed by atoms with E-state index in [0.717, 1.165) is 11.8 Å². The van der Waals surface area contributed by atoms with Gasteiger partial charge in [-0.1, -0.05) is 6.58 Å². The number of hydrogen-bond acceptors (Lipinski definition) is 2. The topological polar surface area (TPSA) is 15.3 Å². The Morgan fingerprint density at radius 3 is 2.42 bits per heavy atom. The fourth-order valence-corrected chi connectivity index (χ4v) is 2.31. The molecule has 12 heavy (non-hydrogen) atoms. The summed E-state index contributed by atoms with van der Waals surface area (Å²) in [6, 6.07) is 0. The Morgan fingerprint density at radius 2 is 1.83 bits per heavy atom. The van der Waals surface area contributed by atoms with E-state index in [2.05, 4.69) is 16.8 Å². The molecule has 0 aromatic heterocycles. The van der Waals surface area contributed by atoms with Gasteiger partial charge < -0.3 is 10.2 Å². The summed E-state index contributed by atoms with van der Waals surface area (Å²) < 4.78 is 0. The van der Waals surface area contributed by atoms with Crippen LogP contribution in [0.5, 0.6) is 0 Å². The van der Waals surface area contributed by atoms with Crippen molar-refractivity contribution in [3.05, 3.63) is 12.8 Å². The van der Waals surface area contributed by atoms with Gasteiger partial charge in [-0.25, -0.2) is 0 Å². The summed E-state index contributed by atoms with van der Waals surface area (Å²) in [5.41, 5.74) is 0. The summed E-state index contributed by atoms with van der Waals surface area (Å²) in [6.45, 7) is 8.75. The molecule has 0 amide bonds. The van der Waals surface area contributed by atoms with Crippen LogP contribution in [0.4, 0.5) is 0 Å². The summed E-state index contributed by atoms with van der Waals surface area (Å²) in [7, 11) is 0. The lowest BCUT2D eigenvalue weighted by Gasteiger charge is -2.44. The molecule has 0 spiro atoms. The van der Waals surface area contributed by atoms with Gasteiger partial charge in [0.2, 0.25) is 0 Å². The van der Waals surface area contributed by atoms with Crippen molar-refractivity contribution in [2.75, 3.05) is 26.2 Å². The molecule has 2 aliphatic rings. The second-order valence-corrected chi connectivity index (χ2v) is 3.98. The lowest BCUT2D eigenvalue weighted by atomic mass is 9.80.